The summed E-state index contributed by atoms with van der Waals surface area (Å²) in [4.78, 5) is 0. The molecular weight excluding hydrogens is 231 g/mol. The van der Waals surface area contributed by atoms with Crippen LogP contribution in [0.1, 0.15) is 26.7 Å². The second-order valence-corrected chi connectivity index (χ2v) is 2.24. The zero-order valence-electron chi connectivity index (χ0n) is 9.00. The fourth-order valence-electron chi connectivity index (χ4n) is 0. The van der Waals surface area contributed by atoms with Gasteiger partial charge < -0.3 is 5.48 Å². The molecule has 6 heteroatoms. The third-order valence-corrected chi connectivity index (χ3v) is 1.01. The molecule has 0 saturated carbocycles. The van der Waals surface area contributed by atoms with Crippen LogP contribution in [0.3, 0.4) is 0 Å². The van der Waals surface area contributed by atoms with E-state index >= 15 is 0 Å². The van der Waals surface area contributed by atoms with E-state index in [-0.39, 0.29) is 40.9 Å². The van der Waals surface area contributed by atoms with Gasteiger partial charge in [0.15, 0.2) is 0 Å². The van der Waals surface area contributed by atoms with Gasteiger partial charge in [-0.05, 0) is 12.2 Å². The van der Waals surface area contributed by atoms with Crippen LogP contribution in [0.2, 0.25) is 0 Å². The largest absolute Gasteiger partial charge is 1.00 e. The molecular formula is C8H16ClN2NaOS. The maximum Gasteiger partial charge on any atom is 1.00 e. The van der Waals surface area contributed by atoms with Crippen molar-refractivity contribution in [1.82, 2.24) is 0 Å². The third kappa shape index (κ3) is 132. The third-order valence-electron chi connectivity index (χ3n) is 0.441. The van der Waals surface area contributed by atoms with Crippen molar-refractivity contribution in [3.05, 3.63) is 0 Å². The van der Waals surface area contributed by atoms with Crippen LogP contribution >= 0.6 is 24.2 Å². The van der Waals surface area contributed by atoms with Crippen LogP contribution in [0, 0.1) is 22.7 Å². The maximum absolute atomic E-state index is 7.62. The Balaban J connectivity index is -0.0000000270. The summed E-state index contributed by atoms with van der Waals surface area (Å²) in [6.07, 6.45) is 1.81. The number of hydrogen-bond donors (Lipinski definition) is 1. The number of alkyl halides is 1. The standard InChI is InChI=1S/C3H5N.C3H8S.C2H2ClN.Na.H2O/c2*1-2-3-4;3-1-2-4;;/h2H2,1H3;4H,2-3H2,1H3;1H2;;1H2/q;;;+1;/p-1. The number of rotatable bonds is 1. The van der Waals surface area contributed by atoms with Gasteiger partial charge in [-0.2, -0.15) is 23.2 Å². The van der Waals surface area contributed by atoms with Gasteiger partial charge in [0.25, 0.3) is 0 Å². The second kappa shape index (κ2) is 49.6. The molecule has 0 atom stereocenters. The number of halogens is 1. The molecule has 0 radical (unpaired) electrons. The molecule has 0 aliphatic rings. The van der Waals surface area contributed by atoms with Crippen LogP contribution in [-0.2, 0) is 0 Å². The van der Waals surface area contributed by atoms with Crippen molar-refractivity contribution in [1.29, 1.82) is 10.5 Å². The first-order valence-electron chi connectivity index (χ1n) is 3.65. The van der Waals surface area contributed by atoms with Crippen LogP contribution < -0.4 is 29.6 Å². The molecule has 0 aromatic heterocycles. The van der Waals surface area contributed by atoms with Crippen molar-refractivity contribution in [2.45, 2.75) is 26.7 Å². The van der Waals surface area contributed by atoms with Gasteiger partial charge in [-0.3, -0.25) is 0 Å². The first-order chi connectivity index (χ1) is 5.74. The fraction of sp³-hybridized carbons (Fsp3) is 0.750. The molecule has 0 rings (SSSR count). The normalized spacial score (nSPS) is 5.00. The molecule has 0 amide bonds. The van der Waals surface area contributed by atoms with Gasteiger partial charge in [-0.25, -0.2) is 0 Å². The van der Waals surface area contributed by atoms with Crippen molar-refractivity contribution in [3.63, 3.8) is 0 Å². The van der Waals surface area contributed by atoms with E-state index in [1.54, 1.807) is 6.07 Å². The molecule has 0 aromatic rings. The van der Waals surface area contributed by atoms with E-state index in [2.05, 4.69) is 19.6 Å². The monoisotopic (exact) mass is 246 g/mol. The molecule has 0 aliphatic heterocycles. The second-order valence-electron chi connectivity index (χ2n) is 1.53. The predicted octanol–water partition coefficient (Wildman–Crippen LogP) is -0.178. The Hall–Kier alpha value is 0.580. The summed E-state index contributed by atoms with van der Waals surface area (Å²) in [5.41, 5.74) is 0. The summed E-state index contributed by atoms with van der Waals surface area (Å²) in [6, 6.07) is 3.63. The van der Waals surface area contributed by atoms with Gasteiger partial charge >= 0.3 is 29.6 Å². The van der Waals surface area contributed by atoms with Crippen molar-refractivity contribution in [2.24, 2.45) is 0 Å². The maximum atomic E-state index is 7.62. The van der Waals surface area contributed by atoms with Gasteiger partial charge in [0.2, 0.25) is 0 Å². The predicted molar refractivity (Wildman–Crippen MR) is 58.3 cm³/mol. The van der Waals surface area contributed by atoms with Crippen LogP contribution in [0.25, 0.3) is 0 Å². The zero-order valence-corrected chi connectivity index (χ0v) is 12.6. The smallest absolute Gasteiger partial charge is 0.870 e. The number of nitrogens with zero attached hydrogens (tertiary/aromatic N) is 2. The SMILES string of the molecule is CCC#N.CCCS.N#CCCl.[Na+].[OH-]. The Morgan fingerprint density at radius 3 is 1.43 bits per heavy atom. The van der Waals surface area contributed by atoms with Gasteiger partial charge in [-0.15, -0.1) is 11.6 Å². The minimum Gasteiger partial charge on any atom is -0.870 e. The molecule has 0 aromatic carbocycles. The molecule has 1 N–H and O–H groups in total. The summed E-state index contributed by atoms with van der Waals surface area (Å²) in [5.74, 6) is 1.11. The van der Waals surface area contributed by atoms with Gasteiger partial charge in [0, 0.05) is 6.42 Å². The minimum atomic E-state index is 0. The summed E-state index contributed by atoms with van der Waals surface area (Å²) in [6.45, 7) is 3.92. The van der Waals surface area contributed by atoms with Crippen LogP contribution in [0.15, 0.2) is 0 Å². The van der Waals surface area contributed by atoms with E-state index < -0.39 is 0 Å². The molecule has 0 bridgehead atoms. The quantitative estimate of drug-likeness (QED) is 0.396. The van der Waals surface area contributed by atoms with Crippen LogP contribution in [-0.4, -0.2) is 17.1 Å². The summed E-state index contributed by atoms with van der Waals surface area (Å²) in [5, 5.41) is 15.1. The topological polar surface area (TPSA) is 77.6 Å². The first-order valence-corrected chi connectivity index (χ1v) is 4.82. The van der Waals surface area contributed by atoms with E-state index in [4.69, 9.17) is 22.1 Å². The molecule has 0 aliphatic carbocycles. The number of hydrogen-bond acceptors (Lipinski definition) is 4. The van der Waals surface area contributed by atoms with E-state index in [0.29, 0.717) is 6.42 Å². The van der Waals surface area contributed by atoms with E-state index in [1.807, 2.05) is 13.0 Å². The van der Waals surface area contributed by atoms with E-state index in [0.717, 1.165) is 5.75 Å². The van der Waals surface area contributed by atoms with Crippen molar-refractivity contribution < 1.29 is 35.0 Å². The molecule has 78 valence electrons. The molecule has 0 heterocycles. The van der Waals surface area contributed by atoms with Gasteiger partial charge in [0.05, 0.1) is 12.1 Å². The van der Waals surface area contributed by atoms with E-state index in [1.165, 1.54) is 6.42 Å². The Bertz CT molecular complexity index is 120. The summed E-state index contributed by atoms with van der Waals surface area (Å²) in [7, 11) is 0. The Morgan fingerprint density at radius 1 is 1.21 bits per heavy atom. The molecule has 0 spiro atoms. The van der Waals surface area contributed by atoms with Crippen molar-refractivity contribution >= 4 is 24.2 Å². The Kier molecular flexibility index (Phi) is 104. The summed E-state index contributed by atoms with van der Waals surface area (Å²) < 4.78 is 0. The minimum absolute atomic E-state index is 0. The van der Waals surface area contributed by atoms with Crippen molar-refractivity contribution in [3.8, 4) is 12.1 Å². The average Bonchev–Trinajstić information content (AvgIpc) is 2.18. The molecule has 0 unspecified atom stereocenters. The van der Waals surface area contributed by atoms with Crippen molar-refractivity contribution in [2.75, 3.05) is 11.6 Å². The Morgan fingerprint density at radius 2 is 1.43 bits per heavy atom. The van der Waals surface area contributed by atoms with Gasteiger partial charge in [0.1, 0.15) is 5.88 Å². The van der Waals surface area contributed by atoms with Gasteiger partial charge in [-0.1, -0.05) is 13.8 Å². The molecule has 14 heavy (non-hydrogen) atoms. The first kappa shape index (κ1) is 29.3. The average molecular weight is 247 g/mol. The summed E-state index contributed by atoms with van der Waals surface area (Å²) >= 11 is 8.75. The fourth-order valence-corrected chi connectivity index (χ4v) is 0. The van der Waals surface area contributed by atoms with Crippen LogP contribution in [0.4, 0.5) is 0 Å². The number of thiol groups is 1. The molecule has 0 fully saturated rings. The zero-order chi connectivity index (χ0) is 10.2. The molecule has 0 saturated heterocycles. The molecule has 3 nitrogen and oxygen atoms in total. The Labute approximate surface area is 119 Å². The van der Waals surface area contributed by atoms with E-state index in [9.17, 15) is 0 Å². The van der Waals surface area contributed by atoms with Crippen LogP contribution in [0.5, 0.6) is 0 Å². The number of nitriles is 2.